The van der Waals surface area contributed by atoms with E-state index < -0.39 is 0 Å². The number of H-pyrrole nitrogens is 1. The molecule has 0 radical (unpaired) electrons. The fourth-order valence-corrected chi connectivity index (χ4v) is 3.25. The number of nitrogens with one attached hydrogen (secondary N) is 1. The number of carbonyl (C=O) groups is 2. The number of piperidine rings is 1. The second-order valence-electron chi connectivity index (χ2n) is 6.35. The van der Waals surface area contributed by atoms with Gasteiger partial charge in [0.25, 0.3) is 5.91 Å². The van der Waals surface area contributed by atoms with Gasteiger partial charge in [0.1, 0.15) is 11.4 Å². The number of likely N-dealkylation sites (tertiary alicyclic amines) is 1. The third-order valence-corrected chi connectivity index (χ3v) is 4.68. The Bertz CT molecular complexity index is 768. The molecule has 3 N–H and O–H groups in total. The van der Waals surface area contributed by atoms with Crippen LogP contribution in [-0.4, -0.2) is 40.9 Å². The van der Waals surface area contributed by atoms with Crippen LogP contribution in [0.3, 0.4) is 0 Å². The molecule has 6 nitrogen and oxygen atoms in total. The van der Waals surface area contributed by atoms with Gasteiger partial charge in [-0.3, -0.25) is 9.59 Å². The minimum absolute atomic E-state index is 0.0948. The van der Waals surface area contributed by atoms with E-state index in [4.69, 9.17) is 10.5 Å². The Hall–Kier alpha value is -2.50. The van der Waals surface area contributed by atoms with Crippen LogP contribution in [0, 0.1) is 5.92 Å². The average molecular weight is 329 g/mol. The van der Waals surface area contributed by atoms with Crippen molar-refractivity contribution in [2.24, 2.45) is 11.7 Å². The predicted octanol–water partition coefficient (Wildman–Crippen LogP) is 2.29. The molecule has 3 rings (SSSR count). The van der Waals surface area contributed by atoms with Crippen molar-refractivity contribution >= 4 is 22.7 Å². The lowest BCUT2D eigenvalue weighted by molar-refractivity contribution is -0.123. The third kappa shape index (κ3) is 3.09. The summed E-state index contributed by atoms with van der Waals surface area (Å²) >= 11 is 0. The van der Waals surface area contributed by atoms with E-state index in [1.807, 2.05) is 38.1 Å². The van der Waals surface area contributed by atoms with Gasteiger partial charge in [0.2, 0.25) is 5.91 Å². The Labute approximate surface area is 141 Å². The van der Waals surface area contributed by atoms with E-state index in [2.05, 4.69) is 4.98 Å². The zero-order chi connectivity index (χ0) is 17.3. The van der Waals surface area contributed by atoms with Gasteiger partial charge in [-0.2, -0.15) is 0 Å². The number of rotatable bonds is 4. The number of ether oxygens (including phenoxy) is 1. The molecule has 0 unspecified atom stereocenters. The Morgan fingerprint density at radius 3 is 2.83 bits per heavy atom. The van der Waals surface area contributed by atoms with Crippen LogP contribution in [0.2, 0.25) is 0 Å². The summed E-state index contributed by atoms with van der Waals surface area (Å²) in [6.07, 6.45) is 1.53. The highest BCUT2D eigenvalue weighted by molar-refractivity contribution is 5.98. The largest absolute Gasteiger partial charge is 0.494 e. The zero-order valence-electron chi connectivity index (χ0n) is 14.0. The van der Waals surface area contributed by atoms with Gasteiger partial charge in [-0.05, 0) is 44.9 Å². The van der Waals surface area contributed by atoms with Crippen LogP contribution < -0.4 is 10.5 Å². The maximum atomic E-state index is 12.9. The summed E-state index contributed by atoms with van der Waals surface area (Å²) in [4.78, 5) is 29.2. The van der Waals surface area contributed by atoms with Gasteiger partial charge in [0.05, 0.1) is 12.5 Å². The molecule has 1 aliphatic rings. The summed E-state index contributed by atoms with van der Waals surface area (Å²) < 4.78 is 5.49. The van der Waals surface area contributed by atoms with Gasteiger partial charge in [0.15, 0.2) is 0 Å². The summed E-state index contributed by atoms with van der Waals surface area (Å²) in [7, 11) is 0. The van der Waals surface area contributed by atoms with Crippen molar-refractivity contribution in [2.45, 2.75) is 32.7 Å². The van der Waals surface area contributed by atoms with Gasteiger partial charge in [-0.1, -0.05) is 0 Å². The van der Waals surface area contributed by atoms with E-state index in [0.717, 1.165) is 29.5 Å². The Kier molecular flexibility index (Phi) is 4.46. The monoisotopic (exact) mass is 329 g/mol. The second kappa shape index (κ2) is 6.55. The highest BCUT2D eigenvalue weighted by Crippen LogP contribution is 2.26. The Morgan fingerprint density at radius 2 is 2.12 bits per heavy atom. The van der Waals surface area contributed by atoms with Crippen molar-refractivity contribution in [3.63, 3.8) is 0 Å². The first-order valence-corrected chi connectivity index (χ1v) is 8.35. The lowest BCUT2D eigenvalue weighted by atomic mass is 9.92. The molecule has 1 aromatic heterocycles. The Balaban J connectivity index is 1.85. The van der Waals surface area contributed by atoms with Gasteiger partial charge in [-0.25, -0.2) is 0 Å². The van der Waals surface area contributed by atoms with Crippen LogP contribution in [0.1, 0.15) is 37.2 Å². The SMILES string of the molecule is CCOc1ccc2cc(C(=O)N3C[C@H](C(N)=O)CC[C@@H]3C)[nH]c2c1. The van der Waals surface area contributed by atoms with Crippen LogP contribution in [-0.2, 0) is 4.79 Å². The van der Waals surface area contributed by atoms with Crippen molar-refractivity contribution in [2.75, 3.05) is 13.2 Å². The first-order chi connectivity index (χ1) is 11.5. The number of benzene rings is 1. The van der Waals surface area contributed by atoms with Crippen molar-refractivity contribution < 1.29 is 14.3 Å². The summed E-state index contributed by atoms with van der Waals surface area (Å²) in [6, 6.07) is 7.65. The van der Waals surface area contributed by atoms with Crippen molar-refractivity contribution in [3.8, 4) is 5.75 Å². The fraction of sp³-hybridized carbons (Fsp3) is 0.444. The van der Waals surface area contributed by atoms with Crippen LogP contribution in [0.25, 0.3) is 10.9 Å². The molecular formula is C18H23N3O3. The smallest absolute Gasteiger partial charge is 0.270 e. The van der Waals surface area contributed by atoms with Crippen LogP contribution in [0.15, 0.2) is 24.3 Å². The number of hydrogen-bond donors (Lipinski definition) is 2. The number of nitrogens with zero attached hydrogens (tertiary/aromatic N) is 1. The first kappa shape index (κ1) is 16.4. The highest BCUT2D eigenvalue weighted by atomic mass is 16.5. The molecule has 6 heteroatoms. The fourth-order valence-electron chi connectivity index (χ4n) is 3.25. The van der Waals surface area contributed by atoms with Gasteiger partial charge < -0.3 is 20.4 Å². The number of primary amides is 1. The molecule has 2 atom stereocenters. The van der Waals surface area contributed by atoms with E-state index in [0.29, 0.717) is 18.8 Å². The second-order valence-corrected chi connectivity index (χ2v) is 6.35. The molecule has 1 aromatic carbocycles. The molecule has 0 saturated carbocycles. The summed E-state index contributed by atoms with van der Waals surface area (Å²) in [5, 5.41) is 0.956. The standard InChI is InChI=1S/C18H23N3O3/c1-3-24-14-7-6-12-8-16(20-15(12)9-14)18(23)21-10-13(17(19)22)5-4-11(21)2/h6-9,11,13,20H,3-5,10H2,1-2H3,(H2,19,22)/t11-,13+/m0/s1. The van der Waals surface area contributed by atoms with E-state index in [9.17, 15) is 9.59 Å². The topological polar surface area (TPSA) is 88.4 Å². The summed E-state index contributed by atoms with van der Waals surface area (Å²) in [5.74, 6) is 0.0744. The minimum atomic E-state index is -0.335. The zero-order valence-corrected chi connectivity index (χ0v) is 14.0. The number of fused-ring (bicyclic) bond motifs is 1. The molecule has 1 saturated heterocycles. The Morgan fingerprint density at radius 1 is 1.33 bits per heavy atom. The lowest BCUT2D eigenvalue weighted by Gasteiger charge is -2.36. The number of hydrogen-bond acceptors (Lipinski definition) is 3. The quantitative estimate of drug-likeness (QED) is 0.902. The van der Waals surface area contributed by atoms with Crippen LogP contribution >= 0.6 is 0 Å². The number of amides is 2. The van der Waals surface area contributed by atoms with E-state index in [1.54, 1.807) is 4.90 Å². The molecular weight excluding hydrogens is 306 g/mol. The van der Waals surface area contributed by atoms with Gasteiger partial charge in [0, 0.05) is 29.6 Å². The maximum absolute atomic E-state index is 12.9. The van der Waals surface area contributed by atoms with Crippen LogP contribution in [0.5, 0.6) is 5.75 Å². The third-order valence-electron chi connectivity index (χ3n) is 4.68. The van der Waals surface area contributed by atoms with Gasteiger partial charge >= 0.3 is 0 Å². The molecule has 0 aliphatic carbocycles. The van der Waals surface area contributed by atoms with Crippen molar-refractivity contribution in [1.29, 1.82) is 0 Å². The molecule has 1 aliphatic heterocycles. The molecule has 24 heavy (non-hydrogen) atoms. The van der Waals surface area contributed by atoms with Crippen molar-refractivity contribution in [3.05, 3.63) is 30.0 Å². The molecule has 2 heterocycles. The number of aromatic amines is 1. The van der Waals surface area contributed by atoms with Crippen molar-refractivity contribution in [1.82, 2.24) is 9.88 Å². The molecule has 128 valence electrons. The predicted molar refractivity (Wildman–Crippen MR) is 91.9 cm³/mol. The molecule has 0 bridgehead atoms. The van der Waals surface area contributed by atoms with Crippen LogP contribution in [0.4, 0.5) is 0 Å². The maximum Gasteiger partial charge on any atom is 0.270 e. The van der Waals surface area contributed by atoms with E-state index in [1.165, 1.54) is 0 Å². The molecule has 2 aromatic rings. The van der Waals surface area contributed by atoms with E-state index in [-0.39, 0.29) is 23.8 Å². The lowest BCUT2D eigenvalue weighted by Crippen LogP contribution is -2.48. The average Bonchev–Trinajstić information content (AvgIpc) is 2.98. The number of aromatic nitrogens is 1. The molecule has 1 fully saturated rings. The first-order valence-electron chi connectivity index (χ1n) is 8.35. The summed E-state index contributed by atoms with van der Waals surface area (Å²) in [5.41, 5.74) is 6.81. The highest BCUT2D eigenvalue weighted by Gasteiger charge is 2.32. The number of carbonyl (C=O) groups excluding carboxylic acids is 2. The number of nitrogens with two attached hydrogens (primary N) is 1. The minimum Gasteiger partial charge on any atom is -0.494 e. The summed E-state index contributed by atoms with van der Waals surface area (Å²) in [6.45, 7) is 4.92. The molecule has 2 amide bonds. The van der Waals surface area contributed by atoms with Gasteiger partial charge in [-0.15, -0.1) is 0 Å². The molecule has 0 spiro atoms. The normalized spacial score (nSPS) is 21.0. The van der Waals surface area contributed by atoms with E-state index >= 15 is 0 Å².